The number of hydrogen-bond donors (Lipinski definition) is 11. The average molecular weight is 893 g/mol. The van der Waals surface area contributed by atoms with Crippen molar-refractivity contribution < 1.29 is 104 Å². The highest BCUT2D eigenvalue weighted by Gasteiger charge is 2.35. The van der Waals surface area contributed by atoms with Crippen LogP contribution in [-0.4, -0.2) is 278 Å². The molecule has 0 aliphatic carbocycles. The second kappa shape index (κ2) is 37.1. The summed E-state index contributed by atoms with van der Waals surface area (Å²) in [5, 5.41) is 110. The first kappa shape index (κ1) is 58.7. The Bertz CT molecular complexity index is 1100. The zero-order valence-corrected chi connectivity index (χ0v) is 35.0. The second-order valence-corrected chi connectivity index (χ2v) is 14.0. The fourth-order valence-corrected chi connectivity index (χ4v) is 5.34. The summed E-state index contributed by atoms with van der Waals surface area (Å²) in [6.45, 7) is 2.34. The van der Waals surface area contributed by atoms with Crippen LogP contribution in [0.2, 0.25) is 0 Å². The van der Waals surface area contributed by atoms with Gasteiger partial charge in [-0.25, -0.2) is 9.59 Å². The van der Waals surface area contributed by atoms with E-state index in [4.69, 9.17) is 48.1 Å². The van der Waals surface area contributed by atoms with Gasteiger partial charge in [0.05, 0.1) is 117 Å². The van der Waals surface area contributed by atoms with Crippen molar-refractivity contribution in [3.8, 4) is 0 Å². The van der Waals surface area contributed by atoms with Gasteiger partial charge in [0, 0.05) is 57.8 Å². The number of ether oxygens (including phenoxy) is 8. The molecule has 0 spiro atoms. The molecule has 8 atom stereocenters. The lowest BCUT2D eigenvalue weighted by Crippen LogP contribution is -2.48. The van der Waals surface area contributed by atoms with Gasteiger partial charge in [-0.2, -0.15) is 0 Å². The van der Waals surface area contributed by atoms with E-state index in [-0.39, 0.29) is 125 Å². The molecule has 8 unspecified atom stereocenters. The van der Waals surface area contributed by atoms with Gasteiger partial charge in [-0.05, 0) is 0 Å². The van der Waals surface area contributed by atoms with Crippen molar-refractivity contribution in [3.63, 3.8) is 0 Å². The Kier molecular flexibility index (Phi) is 35.7. The van der Waals surface area contributed by atoms with E-state index < -0.39 is 93.3 Å². The minimum atomic E-state index is -1.70. The Labute approximate surface area is 356 Å². The van der Waals surface area contributed by atoms with Crippen LogP contribution in [0.1, 0.15) is 6.42 Å². The van der Waals surface area contributed by atoms with Crippen LogP contribution in [0, 0.1) is 0 Å². The molecule has 0 radical (unpaired) electrons. The molecule has 0 heterocycles. The minimum Gasteiger partial charge on any atom is -0.460 e. The van der Waals surface area contributed by atoms with E-state index in [0.29, 0.717) is 0 Å². The fourth-order valence-electron chi connectivity index (χ4n) is 5.34. The van der Waals surface area contributed by atoms with Crippen LogP contribution in [0.4, 0.5) is 0 Å². The van der Waals surface area contributed by atoms with Gasteiger partial charge in [0.1, 0.15) is 43.2 Å². The molecule has 0 saturated carbocycles. The second-order valence-electron chi connectivity index (χ2n) is 14.0. The SMILES string of the molecule is C=CC(=O)OCC(O)COC(COCC(O)CN(CCO)CCO)COCC(O)CC(CO)(COCC(O)COCC(O)CN(CCO)CCO)OCC(O)COC(=O)C=C. The van der Waals surface area contributed by atoms with Crippen molar-refractivity contribution in [2.24, 2.45) is 0 Å². The first-order chi connectivity index (χ1) is 29.2. The predicted octanol–water partition coefficient (Wildman–Crippen LogP) is -6.23. The molecule has 23 nitrogen and oxygen atoms in total. The molecule has 23 heteroatoms. The van der Waals surface area contributed by atoms with Gasteiger partial charge in [0.15, 0.2) is 0 Å². The van der Waals surface area contributed by atoms with Crippen molar-refractivity contribution in [1.82, 2.24) is 9.80 Å². The largest absolute Gasteiger partial charge is 0.460 e. The van der Waals surface area contributed by atoms with Crippen molar-refractivity contribution in [2.45, 2.75) is 54.7 Å². The van der Waals surface area contributed by atoms with Gasteiger partial charge in [-0.15, -0.1) is 0 Å². The lowest BCUT2D eigenvalue weighted by molar-refractivity contribution is -0.173. The Morgan fingerprint density at radius 2 is 0.902 bits per heavy atom. The molecule has 0 saturated heterocycles. The summed E-state index contributed by atoms with van der Waals surface area (Å²) in [4.78, 5) is 26.1. The summed E-state index contributed by atoms with van der Waals surface area (Å²) in [6.07, 6.45) is -6.57. The number of carbonyl (C=O) groups excluding carboxylic acids is 2. The highest BCUT2D eigenvalue weighted by molar-refractivity contribution is 5.81. The monoisotopic (exact) mass is 892 g/mol. The van der Waals surface area contributed by atoms with E-state index in [1.54, 1.807) is 9.80 Å². The molecule has 0 fully saturated rings. The third-order valence-electron chi connectivity index (χ3n) is 8.30. The summed E-state index contributed by atoms with van der Waals surface area (Å²) in [5.74, 6) is -1.55. The van der Waals surface area contributed by atoms with Gasteiger partial charge >= 0.3 is 11.9 Å². The van der Waals surface area contributed by atoms with Crippen LogP contribution in [0.15, 0.2) is 25.3 Å². The van der Waals surface area contributed by atoms with Gasteiger partial charge in [0.2, 0.25) is 0 Å². The number of nitrogens with zero attached hydrogens (tertiary/aromatic N) is 2. The van der Waals surface area contributed by atoms with Crippen molar-refractivity contribution in [3.05, 3.63) is 25.3 Å². The van der Waals surface area contributed by atoms with Gasteiger partial charge in [-0.3, -0.25) is 9.80 Å². The Morgan fingerprint density at radius 1 is 0.508 bits per heavy atom. The van der Waals surface area contributed by atoms with Crippen molar-refractivity contribution in [1.29, 1.82) is 0 Å². The molecular formula is C38H72N2O21. The number of aliphatic hydroxyl groups excluding tert-OH is 11. The first-order valence-corrected chi connectivity index (χ1v) is 19.9. The third-order valence-corrected chi connectivity index (χ3v) is 8.30. The molecule has 0 aromatic carbocycles. The highest BCUT2D eigenvalue weighted by atomic mass is 16.6. The zero-order valence-electron chi connectivity index (χ0n) is 35.0. The maximum atomic E-state index is 11.4. The van der Waals surface area contributed by atoms with Crippen LogP contribution in [0.3, 0.4) is 0 Å². The summed E-state index contributed by atoms with van der Waals surface area (Å²) in [6, 6.07) is 0. The number of esters is 2. The van der Waals surface area contributed by atoms with Crippen LogP contribution < -0.4 is 0 Å². The summed E-state index contributed by atoms with van der Waals surface area (Å²) < 4.78 is 43.4. The van der Waals surface area contributed by atoms with Crippen LogP contribution in [0.25, 0.3) is 0 Å². The molecule has 360 valence electrons. The van der Waals surface area contributed by atoms with E-state index >= 15 is 0 Å². The lowest BCUT2D eigenvalue weighted by atomic mass is 9.97. The number of rotatable bonds is 43. The average Bonchev–Trinajstić information content (AvgIpc) is 3.22. The topological polar surface area (TPSA) is 337 Å². The standard InChI is InChI=1S/C38H72N2O21/c1-3-36(52)59-22-33(50)21-58-35(26-56-18-31(48)15-40(7-11-43)8-12-44)25-55-16-29(46)13-38(27-45,61-24-34(51)23-60-37(53)4-2)28-57-20-32(49)19-54-17-30(47)14-39(5-9-41)6-10-42/h3-4,29-35,41-51H,1-2,5-28H2. The van der Waals surface area contributed by atoms with E-state index in [0.717, 1.165) is 12.2 Å². The van der Waals surface area contributed by atoms with Crippen molar-refractivity contribution >= 4 is 11.9 Å². The first-order valence-electron chi connectivity index (χ1n) is 19.9. The van der Waals surface area contributed by atoms with Crippen LogP contribution in [0.5, 0.6) is 0 Å². The predicted molar refractivity (Wildman–Crippen MR) is 213 cm³/mol. The Balaban J connectivity index is 5.53. The molecule has 0 aliphatic heterocycles. The number of carbonyl (C=O) groups is 2. The van der Waals surface area contributed by atoms with E-state index in [2.05, 4.69) is 13.2 Å². The van der Waals surface area contributed by atoms with Gasteiger partial charge in [0.25, 0.3) is 0 Å². The number of hydrogen-bond acceptors (Lipinski definition) is 23. The molecular weight excluding hydrogens is 820 g/mol. The molecule has 11 N–H and O–H groups in total. The van der Waals surface area contributed by atoms with Gasteiger partial charge < -0.3 is 94.1 Å². The van der Waals surface area contributed by atoms with Crippen LogP contribution >= 0.6 is 0 Å². The maximum absolute atomic E-state index is 11.4. The smallest absolute Gasteiger partial charge is 0.330 e. The number of aliphatic hydroxyl groups is 11. The molecule has 0 aromatic rings. The highest BCUT2D eigenvalue weighted by Crippen LogP contribution is 2.21. The Morgan fingerprint density at radius 3 is 1.34 bits per heavy atom. The Hall–Kier alpha value is -2.34. The molecule has 61 heavy (non-hydrogen) atoms. The summed E-state index contributed by atoms with van der Waals surface area (Å²) in [7, 11) is 0. The van der Waals surface area contributed by atoms with Crippen LogP contribution in [-0.2, 0) is 47.5 Å². The minimum absolute atomic E-state index is 0.0907. The molecule has 0 rings (SSSR count). The molecule has 0 aliphatic rings. The third kappa shape index (κ3) is 31.2. The van der Waals surface area contributed by atoms with E-state index in [1.165, 1.54) is 0 Å². The van der Waals surface area contributed by atoms with E-state index in [9.17, 15) is 55.5 Å². The quantitative estimate of drug-likeness (QED) is 0.0200. The van der Waals surface area contributed by atoms with Crippen molar-refractivity contribution in [2.75, 3.05) is 152 Å². The fraction of sp³-hybridized carbons (Fsp3) is 0.842. The molecule has 0 bridgehead atoms. The summed E-state index contributed by atoms with van der Waals surface area (Å²) >= 11 is 0. The zero-order chi connectivity index (χ0) is 45.9. The molecule has 0 aromatic heterocycles. The molecule has 0 amide bonds. The normalized spacial score (nSPS) is 16.3. The van der Waals surface area contributed by atoms with E-state index in [1.807, 2.05) is 0 Å². The lowest BCUT2D eigenvalue weighted by Gasteiger charge is -2.34. The maximum Gasteiger partial charge on any atom is 0.330 e. The summed E-state index contributed by atoms with van der Waals surface area (Å²) in [5.41, 5.74) is -1.70. The van der Waals surface area contributed by atoms with Gasteiger partial charge in [-0.1, -0.05) is 13.2 Å².